The van der Waals surface area contributed by atoms with E-state index in [4.69, 9.17) is 10.7 Å². The lowest BCUT2D eigenvalue weighted by Gasteiger charge is -2.00. The van der Waals surface area contributed by atoms with Crippen molar-refractivity contribution in [2.45, 2.75) is 13.5 Å². The lowest BCUT2D eigenvalue weighted by molar-refractivity contribution is 1.07. The molecule has 0 fully saturated rings. The molecule has 0 spiro atoms. The van der Waals surface area contributed by atoms with E-state index in [9.17, 15) is 0 Å². The highest BCUT2D eigenvalue weighted by Crippen LogP contribution is 2.34. The van der Waals surface area contributed by atoms with Gasteiger partial charge in [-0.15, -0.1) is 11.3 Å². The van der Waals surface area contributed by atoms with Crippen LogP contribution in [0.1, 0.15) is 10.4 Å². The summed E-state index contributed by atoms with van der Waals surface area (Å²) in [6.07, 6.45) is 0. The zero-order valence-electron chi connectivity index (χ0n) is 11.6. The first-order valence-corrected chi connectivity index (χ1v) is 8.31. The predicted molar refractivity (Wildman–Crippen MR) is 93.3 cm³/mol. The monoisotopic (exact) mass is 358 g/mol. The van der Waals surface area contributed by atoms with Gasteiger partial charge in [-0.25, -0.2) is 4.98 Å². The molecule has 106 valence electrons. The van der Waals surface area contributed by atoms with Gasteiger partial charge in [0.25, 0.3) is 0 Å². The number of aryl methyl sites for hydroxylation is 1. The van der Waals surface area contributed by atoms with E-state index < -0.39 is 0 Å². The van der Waals surface area contributed by atoms with Crippen molar-refractivity contribution in [1.82, 2.24) is 4.98 Å². The Balaban J connectivity index is 2.00. The minimum absolute atomic E-state index is 0.570. The lowest BCUT2D eigenvalue weighted by atomic mass is 10.1. The Morgan fingerprint density at radius 3 is 2.52 bits per heavy atom. The summed E-state index contributed by atoms with van der Waals surface area (Å²) >= 11 is 5.24. The maximum atomic E-state index is 5.64. The first kappa shape index (κ1) is 14.4. The molecule has 0 amide bonds. The van der Waals surface area contributed by atoms with Crippen LogP contribution in [0.5, 0.6) is 0 Å². The second-order valence-electron chi connectivity index (χ2n) is 4.84. The molecule has 0 bridgehead atoms. The van der Waals surface area contributed by atoms with E-state index in [0.717, 1.165) is 31.9 Å². The summed E-state index contributed by atoms with van der Waals surface area (Å²) in [7, 11) is 0. The van der Waals surface area contributed by atoms with E-state index in [2.05, 4.69) is 59.3 Å². The van der Waals surface area contributed by atoms with Gasteiger partial charge in [0.2, 0.25) is 0 Å². The molecular formula is C17H15BrN2S. The van der Waals surface area contributed by atoms with Crippen LogP contribution in [0.3, 0.4) is 0 Å². The molecule has 21 heavy (non-hydrogen) atoms. The second-order valence-corrected chi connectivity index (χ2v) is 6.95. The third-order valence-corrected chi connectivity index (χ3v) is 4.84. The van der Waals surface area contributed by atoms with Crippen LogP contribution < -0.4 is 5.73 Å². The van der Waals surface area contributed by atoms with Gasteiger partial charge in [0, 0.05) is 27.0 Å². The minimum Gasteiger partial charge on any atom is -0.326 e. The fourth-order valence-corrected chi connectivity index (χ4v) is 3.55. The fraction of sp³-hybridized carbons (Fsp3) is 0.118. The normalized spacial score (nSPS) is 10.8. The number of hydrogen-bond donors (Lipinski definition) is 1. The maximum Gasteiger partial charge on any atom is 0.124 e. The van der Waals surface area contributed by atoms with Crippen molar-refractivity contribution in [3.8, 4) is 21.8 Å². The average molecular weight is 359 g/mol. The second kappa shape index (κ2) is 6.10. The molecule has 0 aliphatic carbocycles. The van der Waals surface area contributed by atoms with Gasteiger partial charge < -0.3 is 5.73 Å². The summed E-state index contributed by atoms with van der Waals surface area (Å²) in [4.78, 5) is 6.04. The highest BCUT2D eigenvalue weighted by Gasteiger charge is 2.11. The molecule has 0 atom stereocenters. The van der Waals surface area contributed by atoms with Gasteiger partial charge >= 0.3 is 0 Å². The van der Waals surface area contributed by atoms with Crippen molar-refractivity contribution in [3.05, 3.63) is 63.4 Å². The smallest absolute Gasteiger partial charge is 0.124 e. The zero-order valence-corrected chi connectivity index (χ0v) is 14.0. The number of rotatable bonds is 3. The maximum absolute atomic E-state index is 5.64. The third kappa shape index (κ3) is 3.07. The first-order valence-electron chi connectivity index (χ1n) is 6.70. The predicted octanol–water partition coefficient (Wildman–Crippen LogP) is 5.01. The first-order chi connectivity index (χ1) is 10.2. The van der Waals surface area contributed by atoms with Gasteiger partial charge in [0.1, 0.15) is 5.01 Å². The van der Waals surface area contributed by atoms with Crippen LogP contribution >= 0.6 is 27.3 Å². The molecule has 0 aliphatic rings. The fourth-order valence-electron chi connectivity index (χ4n) is 2.21. The Kier molecular flexibility index (Phi) is 4.19. The Morgan fingerprint density at radius 1 is 1.10 bits per heavy atom. The molecular weight excluding hydrogens is 344 g/mol. The summed E-state index contributed by atoms with van der Waals surface area (Å²) in [5.74, 6) is 0. The standard InChI is InChI=1S/C17H15BrN2S/c1-11-16(14-3-2-4-15(18)9-14)20-17(21-11)13-7-5-12(10-19)6-8-13/h2-9H,10,19H2,1H3. The number of halogens is 1. The molecule has 2 aromatic carbocycles. The summed E-state index contributed by atoms with van der Waals surface area (Å²) < 4.78 is 1.07. The summed E-state index contributed by atoms with van der Waals surface area (Å²) in [6.45, 7) is 2.69. The summed E-state index contributed by atoms with van der Waals surface area (Å²) in [5, 5.41) is 1.05. The van der Waals surface area contributed by atoms with Crippen LogP contribution in [0.2, 0.25) is 0 Å². The molecule has 3 aromatic rings. The molecule has 1 heterocycles. The van der Waals surface area contributed by atoms with Crippen molar-refractivity contribution >= 4 is 27.3 Å². The third-order valence-electron chi connectivity index (χ3n) is 3.33. The zero-order chi connectivity index (χ0) is 14.8. The van der Waals surface area contributed by atoms with Crippen LogP contribution in [0.4, 0.5) is 0 Å². The number of thiazole rings is 1. The van der Waals surface area contributed by atoms with E-state index >= 15 is 0 Å². The molecule has 0 unspecified atom stereocenters. The van der Waals surface area contributed by atoms with E-state index in [1.807, 2.05) is 12.1 Å². The van der Waals surface area contributed by atoms with E-state index in [0.29, 0.717) is 6.54 Å². The van der Waals surface area contributed by atoms with Crippen LogP contribution in [-0.4, -0.2) is 4.98 Å². The van der Waals surface area contributed by atoms with Gasteiger partial charge in [-0.2, -0.15) is 0 Å². The molecule has 2 N–H and O–H groups in total. The van der Waals surface area contributed by atoms with E-state index in [-0.39, 0.29) is 0 Å². The van der Waals surface area contributed by atoms with Crippen molar-refractivity contribution in [2.24, 2.45) is 5.73 Å². The van der Waals surface area contributed by atoms with Gasteiger partial charge in [-0.05, 0) is 24.6 Å². The SMILES string of the molecule is Cc1sc(-c2ccc(CN)cc2)nc1-c1cccc(Br)c1. The molecule has 3 rings (SSSR count). The number of aromatic nitrogens is 1. The number of benzene rings is 2. The Morgan fingerprint density at radius 2 is 1.86 bits per heavy atom. The quantitative estimate of drug-likeness (QED) is 0.714. The molecule has 1 aromatic heterocycles. The highest BCUT2D eigenvalue weighted by atomic mass is 79.9. The minimum atomic E-state index is 0.570. The number of nitrogens with zero attached hydrogens (tertiary/aromatic N) is 1. The van der Waals surface area contributed by atoms with Crippen LogP contribution in [0, 0.1) is 6.92 Å². The molecule has 0 radical (unpaired) electrons. The Hall–Kier alpha value is -1.49. The topological polar surface area (TPSA) is 38.9 Å². The molecule has 0 saturated carbocycles. The number of hydrogen-bond acceptors (Lipinski definition) is 3. The Bertz CT molecular complexity index is 763. The molecule has 4 heteroatoms. The van der Waals surface area contributed by atoms with E-state index in [1.165, 1.54) is 4.88 Å². The van der Waals surface area contributed by atoms with Crippen LogP contribution in [0.25, 0.3) is 21.8 Å². The average Bonchev–Trinajstić information content (AvgIpc) is 2.89. The van der Waals surface area contributed by atoms with Crippen LogP contribution in [-0.2, 0) is 6.54 Å². The van der Waals surface area contributed by atoms with Gasteiger partial charge in [0.05, 0.1) is 5.69 Å². The summed E-state index contributed by atoms with van der Waals surface area (Å²) in [5.41, 5.74) is 10.1. The van der Waals surface area contributed by atoms with Crippen molar-refractivity contribution in [3.63, 3.8) is 0 Å². The lowest BCUT2D eigenvalue weighted by Crippen LogP contribution is -1.95. The largest absolute Gasteiger partial charge is 0.326 e. The summed E-state index contributed by atoms with van der Waals surface area (Å²) in [6, 6.07) is 16.6. The van der Waals surface area contributed by atoms with Crippen LogP contribution in [0.15, 0.2) is 53.0 Å². The van der Waals surface area contributed by atoms with Gasteiger partial charge in [-0.3, -0.25) is 0 Å². The van der Waals surface area contributed by atoms with Crippen molar-refractivity contribution in [2.75, 3.05) is 0 Å². The van der Waals surface area contributed by atoms with Gasteiger partial charge in [0.15, 0.2) is 0 Å². The molecule has 0 aliphatic heterocycles. The van der Waals surface area contributed by atoms with E-state index in [1.54, 1.807) is 11.3 Å². The van der Waals surface area contributed by atoms with Gasteiger partial charge in [-0.1, -0.05) is 52.3 Å². The Labute approximate surface area is 136 Å². The van der Waals surface area contributed by atoms with Crippen molar-refractivity contribution < 1.29 is 0 Å². The van der Waals surface area contributed by atoms with Crippen molar-refractivity contribution in [1.29, 1.82) is 0 Å². The number of nitrogens with two attached hydrogens (primary N) is 1. The molecule has 0 saturated heterocycles. The highest BCUT2D eigenvalue weighted by molar-refractivity contribution is 9.10. The molecule has 2 nitrogen and oxygen atoms in total.